The Morgan fingerprint density at radius 1 is 1.35 bits per heavy atom. The van der Waals surface area contributed by atoms with E-state index in [1.165, 1.54) is 6.08 Å². The highest BCUT2D eigenvalue weighted by Crippen LogP contribution is 2.38. The number of methoxy groups -OCH3 is 1. The van der Waals surface area contributed by atoms with E-state index in [2.05, 4.69) is 5.32 Å². The van der Waals surface area contributed by atoms with Crippen molar-refractivity contribution in [2.75, 3.05) is 19.0 Å². The molecule has 0 aromatic heterocycles. The van der Waals surface area contributed by atoms with Crippen molar-refractivity contribution in [2.24, 2.45) is 0 Å². The molecule has 1 amide bonds. The molecule has 0 spiro atoms. The summed E-state index contributed by atoms with van der Waals surface area (Å²) in [4.78, 5) is 12.3. The lowest BCUT2D eigenvalue weighted by Crippen LogP contribution is -2.10. The number of amides is 1. The molecule has 26 heavy (non-hydrogen) atoms. The van der Waals surface area contributed by atoms with E-state index >= 15 is 0 Å². The van der Waals surface area contributed by atoms with Gasteiger partial charge in [0.2, 0.25) is 5.91 Å². The van der Waals surface area contributed by atoms with Gasteiger partial charge in [0, 0.05) is 24.1 Å². The van der Waals surface area contributed by atoms with Crippen molar-refractivity contribution in [2.45, 2.75) is 26.4 Å². The van der Waals surface area contributed by atoms with Crippen LogP contribution in [0.4, 0.5) is 5.69 Å². The zero-order chi connectivity index (χ0) is 18.5. The molecule has 136 valence electrons. The van der Waals surface area contributed by atoms with Crippen molar-refractivity contribution >= 4 is 17.7 Å². The second kappa shape index (κ2) is 7.95. The van der Waals surface area contributed by atoms with Gasteiger partial charge in [-0.3, -0.25) is 4.79 Å². The molecular formula is C21H23NO4. The van der Waals surface area contributed by atoms with Crippen LogP contribution in [0.3, 0.4) is 0 Å². The predicted molar refractivity (Wildman–Crippen MR) is 102 cm³/mol. The highest BCUT2D eigenvalue weighted by Gasteiger charge is 2.22. The third-order valence-corrected chi connectivity index (χ3v) is 4.08. The zero-order valence-corrected chi connectivity index (χ0v) is 15.2. The first-order valence-corrected chi connectivity index (χ1v) is 8.68. The SMILES string of the molecule is CCOc1cc2c(cc1NC(=O)/C=C/c1cccc(OC)c1)OC(C)C2. The molecule has 2 aromatic rings. The molecule has 1 aliphatic rings. The van der Waals surface area contributed by atoms with E-state index in [9.17, 15) is 4.79 Å². The van der Waals surface area contributed by atoms with Gasteiger partial charge in [-0.15, -0.1) is 0 Å². The van der Waals surface area contributed by atoms with Gasteiger partial charge in [0.05, 0.1) is 19.4 Å². The van der Waals surface area contributed by atoms with E-state index in [1.807, 2.05) is 50.2 Å². The molecular weight excluding hydrogens is 330 g/mol. The summed E-state index contributed by atoms with van der Waals surface area (Å²) in [5.74, 6) is 1.97. The first kappa shape index (κ1) is 17.9. The Labute approximate surface area is 153 Å². The third-order valence-electron chi connectivity index (χ3n) is 4.08. The van der Waals surface area contributed by atoms with E-state index in [-0.39, 0.29) is 12.0 Å². The van der Waals surface area contributed by atoms with Crippen LogP contribution in [0.5, 0.6) is 17.2 Å². The van der Waals surface area contributed by atoms with Crippen molar-refractivity contribution in [3.63, 3.8) is 0 Å². The molecule has 2 aromatic carbocycles. The summed E-state index contributed by atoms with van der Waals surface area (Å²) in [5, 5.41) is 2.88. The summed E-state index contributed by atoms with van der Waals surface area (Å²) in [6.45, 7) is 4.47. The van der Waals surface area contributed by atoms with Crippen molar-refractivity contribution in [3.05, 3.63) is 53.6 Å². The molecule has 0 aliphatic carbocycles. The van der Waals surface area contributed by atoms with Gasteiger partial charge >= 0.3 is 0 Å². The molecule has 1 aliphatic heterocycles. The lowest BCUT2D eigenvalue weighted by molar-refractivity contribution is -0.111. The summed E-state index contributed by atoms with van der Waals surface area (Å²) in [6, 6.07) is 11.3. The van der Waals surface area contributed by atoms with Crippen LogP contribution in [0, 0.1) is 0 Å². The number of ether oxygens (including phenoxy) is 3. The smallest absolute Gasteiger partial charge is 0.248 e. The molecule has 0 saturated carbocycles. The molecule has 0 saturated heterocycles. The monoisotopic (exact) mass is 353 g/mol. The van der Waals surface area contributed by atoms with Gasteiger partial charge in [-0.2, -0.15) is 0 Å². The minimum Gasteiger partial charge on any atom is -0.497 e. The molecule has 0 bridgehead atoms. The molecule has 5 nitrogen and oxygen atoms in total. The van der Waals surface area contributed by atoms with E-state index < -0.39 is 0 Å². The molecule has 5 heteroatoms. The molecule has 0 radical (unpaired) electrons. The normalized spacial score (nSPS) is 15.4. The minimum atomic E-state index is -0.236. The fourth-order valence-electron chi connectivity index (χ4n) is 2.90. The molecule has 0 fully saturated rings. The van der Waals surface area contributed by atoms with E-state index in [1.54, 1.807) is 13.2 Å². The van der Waals surface area contributed by atoms with Gasteiger partial charge in [0.15, 0.2) is 0 Å². The zero-order valence-electron chi connectivity index (χ0n) is 15.2. The molecule has 1 unspecified atom stereocenters. The highest BCUT2D eigenvalue weighted by atomic mass is 16.5. The van der Waals surface area contributed by atoms with Crippen LogP contribution < -0.4 is 19.5 Å². The van der Waals surface area contributed by atoms with Crippen molar-refractivity contribution in [3.8, 4) is 17.2 Å². The average Bonchev–Trinajstić information content (AvgIpc) is 2.99. The van der Waals surface area contributed by atoms with Gasteiger partial charge in [0.1, 0.15) is 23.4 Å². The van der Waals surface area contributed by atoms with Crippen molar-refractivity contribution < 1.29 is 19.0 Å². The number of rotatable bonds is 6. The van der Waals surface area contributed by atoms with Gasteiger partial charge in [-0.1, -0.05) is 12.1 Å². The summed E-state index contributed by atoms with van der Waals surface area (Å²) < 4.78 is 16.6. The molecule has 1 N–H and O–H groups in total. The van der Waals surface area contributed by atoms with E-state index in [0.717, 1.165) is 29.0 Å². The number of benzene rings is 2. The van der Waals surface area contributed by atoms with E-state index in [0.29, 0.717) is 18.0 Å². The number of carbonyl (C=O) groups excluding carboxylic acids is 1. The minimum absolute atomic E-state index is 0.137. The Hall–Kier alpha value is -2.95. The number of nitrogens with one attached hydrogen (secondary N) is 1. The van der Waals surface area contributed by atoms with Crippen LogP contribution in [0.2, 0.25) is 0 Å². The van der Waals surface area contributed by atoms with E-state index in [4.69, 9.17) is 14.2 Å². The van der Waals surface area contributed by atoms with Gasteiger partial charge < -0.3 is 19.5 Å². The van der Waals surface area contributed by atoms with Gasteiger partial charge in [0.25, 0.3) is 0 Å². The Balaban J connectivity index is 1.76. The Kier molecular flexibility index (Phi) is 5.46. The van der Waals surface area contributed by atoms with Gasteiger partial charge in [-0.05, 0) is 43.7 Å². The first-order chi connectivity index (χ1) is 12.6. The number of hydrogen-bond donors (Lipinski definition) is 1. The molecule has 3 rings (SSSR count). The average molecular weight is 353 g/mol. The number of anilines is 1. The second-order valence-corrected chi connectivity index (χ2v) is 6.12. The lowest BCUT2D eigenvalue weighted by Gasteiger charge is -2.12. The van der Waals surface area contributed by atoms with Crippen LogP contribution in [-0.4, -0.2) is 25.7 Å². The maximum Gasteiger partial charge on any atom is 0.248 e. The van der Waals surface area contributed by atoms with Crippen LogP contribution in [-0.2, 0) is 11.2 Å². The Morgan fingerprint density at radius 3 is 2.96 bits per heavy atom. The number of carbonyl (C=O) groups is 1. The summed E-state index contributed by atoms with van der Waals surface area (Å²) in [7, 11) is 1.61. The standard InChI is InChI=1S/C21H23NO4/c1-4-25-20-12-16-10-14(2)26-19(16)13-18(20)22-21(23)9-8-15-6-5-7-17(11-15)24-3/h5-9,11-14H,4,10H2,1-3H3,(H,22,23)/b9-8+. The quantitative estimate of drug-likeness (QED) is 0.796. The van der Waals surface area contributed by atoms with Gasteiger partial charge in [-0.25, -0.2) is 0 Å². The largest absolute Gasteiger partial charge is 0.497 e. The highest BCUT2D eigenvalue weighted by molar-refractivity contribution is 6.03. The van der Waals surface area contributed by atoms with Crippen LogP contribution in [0.1, 0.15) is 25.0 Å². The lowest BCUT2D eigenvalue weighted by atomic mass is 10.1. The Bertz CT molecular complexity index is 829. The fraction of sp³-hybridized carbons (Fsp3) is 0.286. The third kappa shape index (κ3) is 4.17. The summed E-state index contributed by atoms with van der Waals surface area (Å²) >= 11 is 0. The predicted octanol–water partition coefficient (Wildman–Crippen LogP) is 4.07. The summed E-state index contributed by atoms with van der Waals surface area (Å²) in [6.07, 6.45) is 4.21. The Morgan fingerprint density at radius 2 is 2.19 bits per heavy atom. The van der Waals surface area contributed by atoms with Crippen molar-refractivity contribution in [1.29, 1.82) is 0 Å². The fourth-order valence-corrected chi connectivity index (χ4v) is 2.90. The van der Waals surface area contributed by atoms with Crippen LogP contribution >= 0.6 is 0 Å². The van der Waals surface area contributed by atoms with Crippen LogP contribution in [0.15, 0.2) is 42.5 Å². The molecule has 1 heterocycles. The summed E-state index contributed by atoms with van der Waals surface area (Å²) in [5.41, 5.74) is 2.60. The number of hydrogen-bond acceptors (Lipinski definition) is 4. The molecule has 1 atom stereocenters. The topological polar surface area (TPSA) is 56.8 Å². The maximum absolute atomic E-state index is 12.3. The van der Waals surface area contributed by atoms with Crippen molar-refractivity contribution in [1.82, 2.24) is 0 Å². The second-order valence-electron chi connectivity index (χ2n) is 6.12. The maximum atomic E-state index is 12.3. The first-order valence-electron chi connectivity index (χ1n) is 8.68. The number of fused-ring (bicyclic) bond motifs is 1. The van der Waals surface area contributed by atoms with Crippen LogP contribution in [0.25, 0.3) is 6.08 Å².